The Morgan fingerprint density at radius 1 is 0.933 bits per heavy atom. The quantitative estimate of drug-likeness (QED) is 0.273. The molecule has 4 aromatic rings. The molecule has 2 amide bonds. The van der Waals surface area contributed by atoms with Crippen molar-refractivity contribution in [3.05, 3.63) is 82.9 Å². The zero-order valence-corrected chi connectivity index (χ0v) is 17.0. The molecule has 146 valence electrons. The van der Waals surface area contributed by atoms with E-state index in [0.717, 1.165) is 21.9 Å². The molecule has 0 spiro atoms. The first kappa shape index (κ1) is 18.5. The van der Waals surface area contributed by atoms with E-state index in [2.05, 4.69) is 5.32 Å². The van der Waals surface area contributed by atoms with Gasteiger partial charge in [-0.05, 0) is 66.3 Å². The van der Waals surface area contributed by atoms with E-state index in [0.29, 0.717) is 16.3 Å². The minimum absolute atomic E-state index is 0.00861. The lowest BCUT2D eigenvalue weighted by Crippen LogP contribution is -2.54. The van der Waals surface area contributed by atoms with E-state index in [1.807, 2.05) is 36.4 Å². The van der Waals surface area contributed by atoms with Crippen LogP contribution >= 0.6 is 23.8 Å². The number of amides is 2. The number of nitrogens with zero attached hydrogens (tertiary/aromatic N) is 1. The Labute approximate surface area is 181 Å². The maximum atomic E-state index is 13.1. The largest absolute Gasteiger partial charge is 0.456 e. The second-order valence-corrected chi connectivity index (χ2v) is 7.61. The van der Waals surface area contributed by atoms with Crippen molar-refractivity contribution in [3.63, 3.8) is 0 Å². The first-order chi connectivity index (χ1) is 14.5. The number of halogens is 1. The highest BCUT2D eigenvalue weighted by molar-refractivity contribution is 7.80. The van der Waals surface area contributed by atoms with Crippen molar-refractivity contribution >= 4 is 74.4 Å². The number of rotatable bonds is 2. The number of thiocarbonyl (C=S) groups is 1. The fourth-order valence-corrected chi connectivity index (χ4v) is 3.89. The Hall–Kier alpha value is -3.48. The first-order valence-corrected chi connectivity index (χ1v) is 9.88. The summed E-state index contributed by atoms with van der Waals surface area (Å²) in [6.07, 6.45) is 1.56. The Kier molecular flexibility index (Phi) is 4.38. The van der Waals surface area contributed by atoms with Gasteiger partial charge in [0.05, 0.1) is 5.69 Å². The van der Waals surface area contributed by atoms with Crippen LogP contribution in [0.2, 0.25) is 5.02 Å². The predicted octanol–water partition coefficient (Wildman–Crippen LogP) is 5.07. The Morgan fingerprint density at radius 3 is 2.47 bits per heavy atom. The molecule has 0 saturated carbocycles. The fraction of sp³-hybridized carbons (Fsp3) is 0. The van der Waals surface area contributed by atoms with E-state index in [1.165, 1.54) is 4.90 Å². The molecule has 2 heterocycles. The van der Waals surface area contributed by atoms with Gasteiger partial charge in [-0.3, -0.25) is 19.8 Å². The highest BCUT2D eigenvalue weighted by Crippen LogP contribution is 2.30. The van der Waals surface area contributed by atoms with Gasteiger partial charge in [0.1, 0.15) is 16.7 Å². The minimum Gasteiger partial charge on any atom is -0.456 e. The summed E-state index contributed by atoms with van der Waals surface area (Å²) in [5.74, 6) is -1.03. The van der Waals surface area contributed by atoms with Gasteiger partial charge in [-0.2, -0.15) is 0 Å². The van der Waals surface area contributed by atoms with Crippen LogP contribution in [0.15, 0.2) is 76.7 Å². The van der Waals surface area contributed by atoms with Gasteiger partial charge in [-0.1, -0.05) is 35.9 Å². The molecule has 0 radical (unpaired) electrons. The molecular formula is C23H13ClN2O3S. The van der Waals surface area contributed by atoms with Crippen LogP contribution in [0, 0.1) is 0 Å². The molecule has 30 heavy (non-hydrogen) atoms. The number of furan rings is 1. The van der Waals surface area contributed by atoms with E-state index in [4.69, 9.17) is 28.2 Å². The predicted molar refractivity (Wildman–Crippen MR) is 121 cm³/mol. The average molecular weight is 433 g/mol. The summed E-state index contributed by atoms with van der Waals surface area (Å²) in [5, 5.41) is 5.03. The smallest absolute Gasteiger partial charge is 0.270 e. The van der Waals surface area contributed by atoms with Gasteiger partial charge in [0.25, 0.3) is 11.8 Å². The fourth-order valence-electron chi connectivity index (χ4n) is 3.48. The highest BCUT2D eigenvalue weighted by atomic mass is 35.5. The molecular weight excluding hydrogens is 420 g/mol. The number of hydrogen-bond donors (Lipinski definition) is 1. The summed E-state index contributed by atoms with van der Waals surface area (Å²) < 4.78 is 5.84. The number of para-hydroxylation sites is 1. The van der Waals surface area contributed by atoms with Crippen LogP contribution in [-0.4, -0.2) is 16.9 Å². The molecule has 0 bridgehead atoms. The molecule has 0 atom stereocenters. The zero-order valence-electron chi connectivity index (χ0n) is 15.4. The standard InChI is InChI=1S/C23H13ClN2O3S/c24-14-6-8-15(9-7-14)26-22(28)18(21(27)25-23(26)30)12-13-5-10-20-17(11-13)16-3-1-2-4-19(16)29-20/h1-12H,(H,25,27,30). The summed E-state index contributed by atoms with van der Waals surface area (Å²) in [5.41, 5.74) is 2.74. The summed E-state index contributed by atoms with van der Waals surface area (Å²) in [6.45, 7) is 0. The molecule has 0 aliphatic carbocycles. The van der Waals surface area contributed by atoms with Crippen LogP contribution in [0.4, 0.5) is 5.69 Å². The van der Waals surface area contributed by atoms with Gasteiger partial charge < -0.3 is 4.42 Å². The third-order valence-corrected chi connectivity index (χ3v) is 5.43. The van der Waals surface area contributed by atoms with E-state index >= 15 is 0 Å². The number of hydrogen-bond acceptors (Lipinski definition) is 4. The second kappa shape index (κ2) is 7.09. The Balaban J connectivity index is 1.58. The van der Waals surface area contributed by atoms with Crippen LogP contribution in [0.5, 0.6) is 0 Å². The maximum absolute atomic E-state index is 13.1. The van der Waals surface area contributed by atoms with E-state index < -0.39 is 11.8 Å². The van der Waals surface area contributed by atoms with Crippen LogP contribution in [0.25, 0.3) is 28.0 Å². The molecule has 7 heteroatoms. The first-order valence-electron chi connectivity index (χ1n) is 9.09. The summed E-state index contributed by atoms with van der Waals surface area (Å²) in [4.78, 5) is 26.9. The van der Waals surface area contributed by atoms with Crippen molar-refractivity contribution < 1.29 is 14.0 Å². The number of carbonyl (C=O) groups excluding carboxylic acids is 2. The van der Waals surface area contributed by atoms with E-state index in [9.17, 15) is 9.59 Å². The number of benzene rings is 3. The Bertz CT molecular complexity index is 1390. The van der Waals surface area contributed by atoms with Gasteiger partial charge in [0.15, 0.2) is 5.11 Å². The molecule has 1 aliphatic heterocycles. The lowest BCUT2D eigenvalue weighted by Gasteiger charge is -2.28. The van der Waals surface area contributed by atoms with Crippen LogP contribution < -0.4 is 10.2 Å². The van der Waals surface area contributed by atoms with Gasteiger partial charge in [-0.15, -0.1) is 0 Å². The molecule has 5 nitrogen and oxygen atoms in total. The van der Waals surface area contributed by atoms with Crippen molar-refractivity contribution in [1.82, 2.24) is 5.32 Å². The topological polar surface area (TPSA) is 62.6 Å². The van der Waals surface area contributed by atoms with Crippen LogP contribution in [0.1, 0.15) is 5.56 Å². The molecule has 1 fully saturated rings. The maximum Gasteiger partial charge on any atom is 0.270 e. The second-order valence-electron chi connectivity index (χ2n) is 6.79. The third-order valence-electron chi connectivity index (χ3n) is 4.90. The summed E-state index contributed by atoms with van der Waals surface area (Å²) in [7, 11) is 0. The monoisotopic (exact) mass is 432 g/mol. The summed E-state index contributed by atoms with van der Waals surface area (Å²) in [6, 6.07) is 19.9. The van der Waals surface area contributed by atoms with Gasteiger partial charge >= 0.3 is 0 Å². The number of nitrogens with one attached hydrogen (secondary N) is 1. The van der Waals surface area contributed by atoms with Crippen molar-refractivity contribution in [2.75, 3.05) is 4.90 Å². The highest BCUT2D eigenvalue weighted by Gasteiger charge is 2.34. The van der Waals surface area contributed by atoms with Crippen molar-refractivity contribution in [2.45, 2.75) is 0 Å². The van der Waals surface area contributed by atoms with E-state index in [1.54, 1.807) is 36.4 Å². The minimum atomic E-state index is -0.535. The van der Waals surface area contributed by atoms with Crippen molar-refractivity contribution in [3.8, 4) is 0 Å². The molecule has 1 N–H and O–H groups in total. The van der Waals surface area contributed by atoms with Crippen molar-refractivity contribution in [2.24, 2.45) is 0 Å². The molecule has 3 aromatic carbocycles. The average Bonchev–Trinajstić information content (AvgIpc) is 3.10. The van der Waals surface area contributed by atoms with Crippen molar-refractivity contribution in [1.29, 1.82) is 0 Å². The van der Waals surface area contributed by atoms with Gasteiger partial charge in [-0.25, -0.2) is 0 Å². The normalized spacial score (nSPS) is 16.0. The van der Waals surface area contributed by atoms with Gasteiger partial charge in [0.2, 0.25) is 0 Å². The number of carbonyl (C=O) groups is 2. The number of anilines is 1. The SMILES string of the molecule is O=C1NC(=S)N(c2ccc(Cl)cc2)C(=O)C1=Cc1ccc2oc3ccccc3c2c1. The van der Waals surface area contributed by atoms with Crippen LogP contribution in [-0.2, 0) is 9.59 Å². The number of fused-ring (bicyclic) bond motifs is 3. The zero-order chi connectivity index (χ0) is 20.8. The van der Waals surface area contributed by atoms with Gasteiger partial charge in [0, 0.05) is 15.8 Å². The Morgan fingerprint density at radius 2 is 1.67 bits per heavy atom. The molecule has 0 unspecified atom stereocenters. The van der Waals surface area contributed by atoms with E-state index in [-0.39, 0.29) is 10.7 Å². The molecule has 1 aliphatic rings. The lowest BCUT2D eigenvalue weighted by atomic mass is 10.0. The molecule has 1 aromatic heterocycles. The molecule has 5 rings (SSSR count). The third kappa shape index (κ3) is 3.07. The molecule has 1 saturated heterocycles. The lowest BCUT2D eigenvalue weighted by molar-refractivity contribution is -0.122. The summed E-state index contributed by atoms with van der Waals surface area (Å²) >= 11 is 11.2. The van der Waals surface area contributed by atoms with Crippen LogP contribution in [0.3, 0.4) is 0 Å².